The Hall–Kier alpha value is -1.37. The lowest BCUT2D eigenvalue weighted by Gasteiger charge is -2.24. The van der Waals surface area contributed by atoms with Gasteiger partial charge in [0.2, 0.25) is 11.8 Å². The fourth-order valence-corrected chi connectivity index (χ4v) is 1.77. The summed E-state index contributed by atoms with van der Waals surface area (Å²) in [7, 11) is 1.56. The topological polar surface area (TPSA) is 88.1 Å². The van der Waals surface area contributed by atoms with Crippen molar-refractivity contribution in [1.82, 2.24) is 9.97 Å². The third-order valence-electron chi connectivity index (χ3n) is 2.58. The number of amidine groups is 1. The van der Waals surface area contributed by atoms with Gasteiger partial charge in [-0.25, -0.2) is 4.98 Å². The largest absolute Gasteiger partial charge is 0.480 e. The molecule has 1 heterocycles. The summed E-state index contributed by atoms with van der Waals surface area (Å²) in [5.41, 5.74) is 5.48. The molecule has 1 aromatic heterocycles. The molecule has 0 aliphatic heterocycles. The van der Waals surface area contributed by atoms with Crippen LogP contribution in [0.15, 0.2) is 10.7 Å². The molecular weight excluding hydrogens is 298 g/mol. The molecule has 18 heavy (non-hydrogen) atoms. The molecule has 1 rings (SSSR count). The van der Waals surface area contributed by atoms with Gasteiger partial charge in [-0.2, -0.15) is 4.98 Å². The van der Waals surface area contributed by atoms with Gasteiger partial charge < -0.3 is 15.4 Å². The monoisotopic (exact) mass is 315 g/mol. The Labute approximate surface area is 115 Å². The maximum Gasteiger partial charge on any atom is 0.232 e. The molecule has 1 aromatic rings. The first kappa shape index (κ1) is 14.7. The molecule has 7 heteroatoms. The predicted octanol–water partition coefficient (Wildman–Crippen LogP) is 1.65. The summed E-state index contributed by atoms with van der Waals surface area (Å²) < 4.78 is 5.85. The van der Waals surface area contributed by atoms with Crippen LogP contribution in [-0.4, -0.2) is 36.0 Å². The second kappa shape index (κ2) is 6.53. The van der Waals surface area contributed by atoms with Crippen molar-refractivity contribution in [1.29, 1.82) is 5.41 Å². The minimum absolute atomic E-state index is 0.0387. The van der Waals surface area contributed by atoms with Crippen LogP contribution in [0.5, 0.6) is 5.88 Å². The molecule has 0 aliphatic carbocycles. The third-order valence-corrected chi connectivity index (χ3v) is 3.13. The maximum absolute atomic E-state index is 7.42. The second-order valence-corrected chi connectivity index (χ2v) is 4.78. The Bertz CT molecular complexity index is 426. The first-order valence-electron chi connectivity index (χ1n) is 5.65. The van der Waals surface area contributed by atoms with Crippen molar-refractivity contribution in [3.8, 4) is 5.88 Å². The molecule has 0 aliphatic rings. The normalized spacial score (nSPS) is 12.0. The highest BCUT2D eigenvalue weighted by Gasteiger charge is 2.15. The zero-order chi connectivity index (χ0) is 13.7. The SMILES string of the molecule is CCN(CC(C)C(=N)N)c1ncc(Br)c(OC)n1. The molecule has 6 nitrogen and oxygen atoms in total. The Kier molecular flexibility index (Phi) is 5.33. The molecule has 0 saturated heterocycles. The van der Waals surface area contributed by atoms with Gasteiger partial charge in [0.1, 0.15) is 0 Å². The molecule has 0 radical (unpaired) electrons. The third kappa shape index (κ3) is 3.56. The van der Waals surface area contributed by atoms with Gasteiger partial charge in [-0.3, -0.25) is 5.41 Å². The molecule has 0 aromatic carbocycles. The molecular formula is C11H18BrN5O. The molecule has 0 spiro atoms. The van der Waals surface area contributed by atoms with E-state index in [9.17, 15) is 0 Å². The van der Waals surface area contributed by atoms with Crippen LogP contribution in [0.1, 0.15) is 13.8 Å². The lowest BCUT2D eigenvalue weighted by molar-refractivity contribution is 0.393. The number of nitrogens with two attached hydrogens (primary N) is 1. The number of hydrogen-bond donors (Lipinski definition) is 2. The molecule has 1 atom stereocenters. The van der Waals surface area contributed by atoms with Crippen molar-refractivity contribution in [3.05, 3.63) is 10.7 Å². The highest BCUT2D eigenvalue weighted by atomic mass is 79.9. The summed E-state index contributed by atoms with van der Waals surface area (Å²) in [6.45, 7) is 5.25. The maximum atomic E-state index is 7.42. The van der Waals surface area contributed by atoms with Crippen LogP contribution in [0, 0.1) is 11.3 Å². The van der Waals surface area contributed by atoms with E-state index in [1.165, 1.54) is 0 Å². The van der Waals surface area contributed by atoms with Gasteiger partial charge in [0.15, 0.2) is 0 Å². The average molecular weight is 316 g/mol. The first-order valence-corrected chi connectivity index (χ1v) is 6.44. The Morgan fingerprint density at radius 3 is 2.83 bits per heavy atom. The van der Waals surface area contributed by atoms with Crippen molar-refractivity contribution < 1.29 is 4.74 Å². The van der Waals surface area contributed by atoms with Gasteiger partial charge in [0.25, 0.3) is 0 Å². The molecule has 0 saturated carbocycles. The van der Waals surface area contributed by atoms with Crippen LogP contribution in [0.4, 0.5) is 5.95 Å². The molecule has 3 N–H and O–H groups in total. The smallest absolute Gasteiger partial charge is 0.232 e. The van der Waals surface area contributed by atoms with E-state index in [1.807, 2.05) is 18.7 Å². The molecule has 0 amide bonds. The first-order chi connectivity index (χ1) is 8.49. The van der Waals surface area contributed by atoms with Gasteiger partial charge >= 0.3 is 0 Å². The number of hydrogen-bond acceptors (Lipinski definition) is 5. The zero-order valence-corrected chi connectivity index (χ0v) is 12.4. The standard InChI is InChI=1S/C11H18BrN5O/c1-4-17(6-7(2)9(13)14)11-15-5-8(12)10(16-11)18-3/h5,7H,4,6H2,1-3H3,(H3,13,14). The fourth-order valence-electron chi connectivity index (χ4n) is 1.42. The van der Waals surface area contributed by atoms with E-state index in [4.69, 9.17) is 15.9 Å². The highest BCUT2D eigenvalue weighted by Crippen LogP contribution is 2.23. The van der Waals surface area contributed by atoms with Crippen molar-refractivity contribution in [2.24, 2.45) is 11.7 Å². The molecule has 0 bridgehead atoms. The summed E-state index contributed by atoms with van der Waals surface area (Å²) in [5.74, 6) is 1.19. The lowest BCUT2D eigenvalue weighted by atomic mass is 10.1. The minimum atomic E-state index is -0.0387. The summed E-state index contributed by atoms with van der Waals surface area (Å²) in [5, 5.41) is 7.42. The van der Waals surface area contributed by atoms with E-state index in [0.29, 0.717) is 22.8 Å². The van der Waals surface area contributed by atoms with Gasteiger partial charge in [-0.15, -0.1) is 0 Å². The van der Waals surface area contributed by atoms with E-state index >= 15 is 0 Å². The Morgan fingerprint density at radius 1 is 1.67 bits per heavy atom. The van der Waals surface area contributed by atoms with E-state index in [0.717, 1.165) is 6.54 Å². The predicted molar refractivity (Wildman–Crippen MR) is 75.2 cm³/mol. The number of halogens is 1. The van der Waals surface area contributed by atoms with Crippen LogP contribution in [-0.2, 0) is 0 Å². The average Bonchev–Trinajstić information content (AvgIpc) is 2.36. The quantitative estimate of drug-likeness (QED) is 0.615. The van der Waals surface area contributed by atoms with Crippen LogP contribution in [0.2, 0.25) is 0 Å². The fraction of sp³-hybridized carbons (Fsp3) is 0.545. The van der Waals surface area contributed by atoms with Crippen LogP contribution in [0.25, 0.3) is 0 Å². The van der Waals surface area contributed by atoms with E-state index in [2.05, 4.69) is 25.9 Å². The zero-order valence-electron chi connectivity index (χ0n) is 10.8. The Morgan fingerprint density at radius 2 is 2.33 bits per heavy atom. The van der Waals surface area contributed by atoms with Crippen molar-refractivity contribution in [2.45, 2.75) is 13.8 Å². The number of nitrogens with one attached hydrogen (secondary N) is 1. The second-order valence-electron chi connectivity index (χ2n) is 3.92. The lowest BCUT2D eigenvalue weighted by Crippen LogP contribution is -2.35. The number of aromatic nitrogens is 2. The summed E-state index contributed by atoms with van der Waals surface area (Å²) >= 11 is 3.31. The van der Waals surface area contributed by atoms with Gasteiger partial charge in [-0.05, 0) is 22.9 Å². The van der Waals surface area contributed by atoms with Gasteiger partial charge in [0.05, 0.1) is 23.6 Å². The van der Waals surface area contributed by atoms with Gasteiger partial charge in [-0.1, -0.05) is 6.92 Å². The van der Waals surface area contributed by atoms with E-state index in [-0.39, 0.29) is 11.8 Å². The van der Waals surface area contributed by atoms with E-state index in [1.54, 1.807) is 13.3 Å². The molecule has 0 fully saturated rings. The summed E-state index contributed by atoms with van der Waals surface area (Å²) in [6.07, 6.45) is 1.66. The Balaban J connectivity index is 2.91. The number of methoxy groups -OCH3 is 1. The van der Waals surface area contributed by atoms with Crippen LogP contribution >= 0.6 is 15.9 Å². The van der Waals surface area contributed by atoms with Crippen molar-refractivity contribution >= 4 is 27.7 Å². The number of nitrogens with zero attached hydrogens (tertiary/aromatic N) is 3. The number of anilines is 1. The molecule has 1 unspecified atom stereocenters. The minimum Gasteiger partial charge on any atom is -0.480 e. The summed E-state index contributed by atoms with van der Waals surface area (Å²) in [4.78, 5) is 10.5. The van der Waals surface area contributed by atoms with Crippen LogP contribution < -0.4 is 15.4 Å². The number of rotatable bonds is 6. The van der Waals surface area contributed by atoms with E-state index < -0.39 is 0 Å². The summed E-state index contributed by atoms with van der Waals surface area (Å²) in [6, 6.07) is 0. The van der Waals surface area contributed by atoms with Crippen LogP contribution in [0.3, 0.4) is 0 Å². The number of ether oxygens (including phenoxy) is 1. The van der Waals surface area contributed by atoms with Gasteiger partial charge in [0, 0.05) is 19.0 Å². The van der Waals surface area contributed by atoms with Crippen molar-refractivity contribution in [3.63, 3.8) is 0 Å². The molecule has 100 valence electrons. The van der Waals surface area contributed by atoms with Crippen molar-refractivity contribution in [2.75, 3.05) is 25.1 Å². The highest BCUT2D eigenvalue weighted by molar-refractivity contribution is 9.10.